The Balaban J connectivity index is 2.37. The fourth-order valence-electron chi connectivity index (χ4n) is 1.85. The molecule has 2 N–H and O–H groups in total. The third-order valence-electron chi connectivity index (χ3n) is 2.74. The molecular formula is C11H18N2O5. The summed E-state index contributed by atoms with van der Waals surface area (Å²) in [6.45, 7) is 2.52. The molecule has 1 fully saturated rings. The van der Waals surface area contributed by atoms with Crippen LogP contribution in [-0.4, -0.2) is 54.2 Å². The van der Waals surface area contributed by atoms with E-state index in [1.165, 1.54) is 4.90 Å². The van der Waals surface area contributed by atoms with E-state index in [1.54, 1.807) is 6.92 Å². The molecule has 0 saturated carbocycles. The first-order valence-electron chi connectivity index (χ1n) is 5.95. The standard InChI is InChI=1S/C11H18N2O5/c1-2-12-9(14)7-18-10(15)8-4-3-5-13(6-8)11(16)17/h8H,2-7H2,1H3,(H,12,14)(H,16,17). The highest BCUT2D eigenvalue weighted by atomic mass is 16.5. The van der Waals surface area contributed by atoms with Gasteiger partial charge in [-0.1, -0.05) is 0 Å². The fraction of sp³-hybridized carbons (Fsp3) is 0.727. The van der Waals surface area contributed by atoms with Crippen molar-refractivity contribution in [3.8, 4) is 0 Å². The topological polar surface area (TPSA) is 95.9 Å². The zero-order chi connectivity index (χ0) is 13.5. The second kappa shape index (κ2) is 6.83. The van der Waals surface area contributed by atoms with Gasteiger partial charge in [-0.3, -0.25) is 9.59 Å². The van der Waals surface area contributed by atoms with Gasteiger partial charge in [-0.2, -0.15) is 0 Å². The maximum atomic E-state index is 11.7. The van der Waals surface area contributed by atoms with Crippen molar-refractivity contribution in [3.05, 3.63) is 0 Å². The van der Waals surface area contributed by atoms with Crippen LogP contribution >= 0.6 is 0 Å². The van der Waals surface area contributed by atoms with Gasteiger partial charge in [0.1, 0.15) is 0 Å². The normalized spacial score (nSPS) is 19.2. The van der Waals surface area contributed by atoms with Crippen LogP contribution < -0.4 is 5.32 Å². The summed E-state index contributed by atoms with van der Waals surface area (Å²) in [5.74, 6) is -1.33. The lowest BCUT2D eigenvalue weighted by Gasteiger charge is -2.29. The maximum absolute atomic E-state index is 11.7. The van der Waals surface area contributed by atoms with E-state index in [0.717, 1.165) is 0 Å². The van der Waals surface area contributed by atoms with E-state index in [9.17, 15) is 14.4 Å². The van der Waals surface area contributed by atoms with E-state index in [1.807, 2.05) is 0 Å². The molecule has 1 atom stereocenters. The largest absolute Gasteiger partial charge is 0.465 e. The van der Waals surface area contributed by atoms with Crippen LogP contribution in [0.1, 0.15) is 19.8 Å². The smallest absolute Gasteiger partial charge is 0.407 e. The van der Waals surface area contributed by atoms with Gasteiger partial charge in [0, 0.05) is 19.6 Å². The lowest BCUT2D eigenvalue weighted by molar-refractivity contribution is -0.154. The number of esters is 1. The number of amides is 2. The number of carboxylic acid groups (broad SMARTS) is 1. The van der Waals surface area contributed by atoms with Crippen molar-refractivity contribution in [2.45, 2.75) is 19.8 Å². The van der Waals surface area contributed by atoms with Crippen molar-refractivity contribution in [1.29, 1.82) is 0 Å². The van der Waals surface area contributed by atoms with Crippen LogP contribution in [0.15, 0.2) is 0 Å². The molecule has 0 aliphatic carbocycles. The van der Waals surface area contributed by atoms with Crippen molar-refractivity contribution in [2.24, 2.45) is 5.92 Å². The third kappa shape index (κ3) is 4.23. The summed E-state index contributed by atoms with van der Waals surface area (Å²) in [5.41, 5.74) is 0. The average Bonchev–Trinajstić information content (AvgIpc) is 2.36. The molecule has 18 heavy (non-hydrogen) atoms. The van der Waals surface area contributed by atoms with Gasteiger partial charge in [0.15, 0.2) is 6.61 Å². The van der Waals surface area contributed by atoms with Crippen molar-refractivity contribution >= 4 is 18.0 Å². The number of likely N-dealkylation sites (tertiary alicyclic amines) is 1. The summed E-state index contributed by atoms with van der Waals surface area (Å²) in [7, 11) is 0. The predicted octanol–water partition coefficient (Wildman–Crippen LogP) is 0.0557. The van der Waals surface area contributed by atoms with Crippen molar-refractivity contribution in [3.63, 3.8) is 0 Å². The van der Waals surface area contributed by atoms with Crippen LogP contribution in [0.5, 0.6) is 0 Å². The molecule has 1 aliphatic rings. The Morgan fingerprint density at radius 2 is 2.17 bits per heavy atom. The second-order valence-electron chi connectivity index (χ2n) is 4.13. The van der Waals surface area contributed by atoms with E-state index < -0.39 is 18.0 Å². The summed E-state index contributed by atoms with van der Waals surface area (Å²) in [6, 6.07) is 0. The number of ether oxygens (including phenoxy) is 1. The van der Waals surface area contributed by atoms with Gasteiger partial charge in [-0.15, -0.1) is 0 Å². The first-order valence-corrected chi connectivity index (χ1v) is 5.95. The molecule has 0 aromatic heterocycles. The zero-order valence-corrected chi connectivity index (χ0v) is 10.3. The van der Waals surface area contributed by atoms with Crippen LogP contribution in [-0.2, 0) is 14.3 Å². The Labute approximate surface area is 105 Å². The van der Waals surface area contributed by atoms with Gasteiger partial charge in [0.05, 0.1) is 5.92 Å². The van der Waals surface area contributed by atoms with Gasteiger partial charge in [-0.25, -0.2) is 4.79 Å². The molecule has 7 nitrogen and oxygen atoms in total. The molecule has 0 bridgehead atoms. The number of nitrogens with zero attached hydrogens (tertiary/aromatic N) is 1. The van der Waals surface area contributed by atoms with Gasteiger partial charge in [0.25, 0.3) is 5.91 Å². The van der Waals surface area contributed by atoms with Crippen LogP contribution in [0.4, 0.5) is 4.79 Å². The quantitative estimate of drug-likeness (QED) is 0.695. The van der Waals surface area contributed by atoms with Gasteiger partial charge in [-0.05, 0) is 19.8 Å². The van der Waals surface area contributed by atoms with Crippen LogP contribution in [0.2, 0.25) is 0 Å². The first-order chi connectivity index (χ1) is 8.54. The van der Waals surface area contributed by atoms with Crippen LogP contribution in [0.25, 0.3) is 0 Å². The van der Waals surface area contributed by atoms with E-state index in [2.05, 4.69) is 5.32 Å². The fourth-order valence-corrected chi connectivity index (χ4v) is 1.85. The minimum Gasteiger partial charge on any atom is -0.465 e. The zero-order valence-electron chi connectivity index (χ0n) is 10.3. The SMILES string of the molecule is CCNC(=O)COC(=O)C1CCCN(C(=O)O)C1. The number of rotatable bonds is 4. The average molecular weight is 258 g/mol. The number of carbonyl (C=O) groups is 3. The summed E-state index contributed by atoms with van der Waals surface area (Å²) in [5, 5.41) is 11.3. The molecular weight excluding hydrogens is 240 g/mol. The predicted molar refractivity (Wildman–Crippen MR) is 62.0 cm³/mol. The third-order valence-corrected chi connectivity index (χ3v) is 2.74. The number of piperidine rings is 1. The van der Waals surface area contributed by atoms with E-state index in [4.69, 9.17) is 9.84 Å². The van der Waals surface area contributed by atoms with Gasteiger partial charge >= 0.3 is 12.1 Å². The monoisotopic (exact) mass is 258 g/mol. The number of likely N-dealkylation sites (N-methyl/N-ethyl adjacent to an activating group) is 1. The lowest BCUT2D eigenvalue weighted by Crippen LogP contribution is -2.42. The molecule has 0 aromatic rings. The van der Waals surface area contributed by atoms with Crippen molar-refractivity contribution in [1.82, 2.24) is 10.2 Å². The molecule has 1 aliphatic heterocycles. The first kappa shape index (κ1) is 14.3. The highest BCUT2D eigenvalue weighted by Crippen LogP contribution is 2.17. The van der Waals surface area contributed by atoms with Gasteiger partial charge < -0.3 is 20.1 Å². The van der Waals surface area contributed by atoms with Crippen molar-refractivity contribution in [2.75, 3.05) is 26.2 Å². The summed E-state index contributed by atoms with van der Waals surface area (Å²) in [6.07, 6.45) is 0.196. The Kier molecular flexibility index (Phi) is 5.41. The molecule has 0 spiro atoms. The van der Waals surface area contributed by atoms with Gasteiger partial charge in [0.2, 0.25) is 0 Å². The molecule has 1 rings (SSSR count). The Bertz CT molecular complexity index is 331. The molecule has 1 heterocycles. The number of carbonyl (C=O) groups excluding carboxylic acids is 2. The number of nitrogens with one attached hydrogen (secondary N) is 1. The lowest BCUT2D eigenvalue weighted by atomic mass is 9.99. The molecule has 2 amide bonds. The Morgan fingerprint density at radius 1 is 1.44 bits per heavy atom. The molecule has 0 radical (unpaired) electrons. The Hall–Kier alpha value is -1.79. The molecule has 102 valence electrons. The van der Waals surface area contributed by atoms with E-state index >= 15 is 0 Å². The minimum atomic E-state index is -1.03. The highest BCUT2D eigenvalue weighted by molar-refractivity contribution is 5.81. The maximum Gasteiger partial charge on any atom is 0.407 e. The molecule has 7 heteroatoms. The van der Waals surface area contributed by atoms with Crippen LogP contribution in [0, 0.1) is 5.92 Å². The van der Waals surface area contributed by atoms with E-state index in [0.29, 0.717) is 25.9 Å². The molecule has 0 aromatic carbocycles. The summed E-state index contributed by atoms with van der Waals surface area (Å²) < 4.78 is 4.85. The van der Waals surface area contributed by atoms with Crippen molar-refractivity contribution < 1.29 is 24.2 Å². The highest BCUT2D eigenvalue weighted by Gasteiger charge is 2.29. The summed E-state index contributed by atoms with van der Waals surface area (Å²) in [4.78, 5) is 34.7. The molecule has 1 unspecified atom stereocenters. The number of hydrogen-bond donors (Lipinski definition) is 2. The van der Waals surface area contributed by atoms with E-state index in [-0.39, 0.29) is 19.1 Å². The van der Waals surface area contributed by atoms with Crippen LogP contribution in [0.3, 0.4) is 0 Å². The second-order valence-corrected chi connectivity index (χ2v) is 4.13. The summed E-state index contributed by atoms with van der Waals surface area (Å²) >= 11 is 0. The Morgan fingerprint density at radius 3 is 2.78 bits per heavy atom. The molecule has 1 saturated heterocycles. The minimum absolute atomic E-state index is 0.142. The number of hydrogen-bond acceptors (Lipinski definition) is 4.